The molecule has 1 aromatic carbocycles. The highest BCUT2D eigenvalue weighted by Gasteiger charge is 2.36. The van der Waals surface area contributed by atoms with Gasteiger partial charge in [-0.3, -0.25) is 4.79 Å². The lowest BCUT2D eigenvalue weighted by molar-refractivity contribution is -0.137. The van der Waals surface area contributed by atoms with Crippen LogP contribution < -0.4 is 21.0 Å². The first-order valence-electron chi connectivity index (χ1n) is 11.9. The summed E-state index contributed by atoms with van der Waals surface area (Å²) in [5, 5.41) is 5.64. The maximum Gasteiger partial charge on any atom is 0.421 e. The van der Waals surface area contributed by atoms with Crippen LogP contribution >= 0.6 is 11.3 Å². The van der Waals surface area contributed by atoms with Crippen LogP contribution in [0, 0.1) is 0 Å². The Morgan fingerprint density at radius 1 is 1.13 bits per heavy atom. The number of alkyl halides is 3. The van der Waals surface area contributed by atoms with E-state index < -0.39 is 28.9 Å². The molecule has 1 fully saturated rings. The maximum atomic E-state index is 13.9. The Bertz CT molecular complexity index is 1320. The second-order valence-corrected chi connectivity index (χ2v) is 10.6. The molecule has 0 atom stereocenters. The average Bonchev–Trinajstić information content (AvgIpc) is 3.32. The van der Waals surface area contributed by atoms with E-state index in [0.717, 1.165) is 30.1 Å². The molecule has 1 aliphatic rings. The molecule has 3 N–H and O–H groups in total. The summed E-state index contributed by atoms with van der Waals surface area (Å²) < 4.78 is 46.9. The predicted molar refractivity (Wildman–Crippen MR) is 141 cm³/mol. The van der Waals surface area contributed by atoms with Gasteiger partial charge >= 0.3 is 12.1 Å². The molecule has 1 saturated heterocycles. The Morgan fingerprint density at radius 2 is 1.82 bits per heavy atom. The summed E-state index contributed by atoms with van der Waals surface area (Å²) in [6.45, 7) is 8.49. The summed E-state index contributed by atoms with van der Waals surface area (Å²) >= 11 is 1.08. The number of nitrogens with one attached hydrogen (secondary N) is 3. The molecule has 0 saturated carbocycles. The lowest BCUT2D eigenvalue weighted by atomic mass is 9.94. The molecule has 14 heteroatoms. The second kappa shape index (κ2) is 11.5. The van der Waals surface area contributed by atoms with Crippen molar-refractivity contribution in [2.75, 3.05) is 41.8 Å². The van der Waals surface area contributed by atoms with Gasteiger partial charge in [-0.05, 0) is 35.7 Å². The van der Waals surface area contributed by atoms with Gasteiger partial charge < -0.3 is 25.1 Å². The zero-order chi connectivity index (χ0) is 28.2. The van der Waals surface area contributed by atoms with Gasteiger partial charge in [-0.2, -0.15) is 23.6 Å². The molecule has 3 heterocycles. The number of nitrogens with zero attached hydrogens (tertiary/aromatic N) is 3. The van der Waals surface area contributed by atoms with Crippen LogP contribution in [0.4, 0.5) is 41.3 Å². The van der Waals surface area contributed by atoms with Crippen molar-refractivity contribution in [2.45, 2.75) is 32.4 Å². The molecule has 2 aromatic heterocycles. The molecule has 1 amide bonds. The van der Waals surface area contributed by atoms with E-state index in [1.54, 1.807) is 17.6 Å². The Morgan fingerprint density at radius 3 is 2.44 bits per heavy atom. The van der Waals surface area contributed by atoms with E-state index in [2.05, 4.69) is 30.3 Å². The fourth-order valence-corrected chi connectivity index (χ4v) is 4.80. The SMILES string of the molecule is CC(C)(C)c1cc(C(=O)ONC=O)c(Nc2nc(Nc3ccc(N4CCOCC4)cc3)ncc2C(F)(F)F)s1. The number of ether oxygens (including phenoxy) is 1. The molecule has 39 heavy (non-hydrogen) atoms. The van der Waals surface area contributed by atoms with Crippen molar-refractivity contribution >= 4 is 51.9 Å². The van der Waals surface area contributed by atoms with E-state index in [-0.39, 0.29) is 22.9 Å². The van der Waals surface area contributed by atoms with E-state index >= 15 is 0 Å². The number of halogens is 3. The van der Waals surface area contributed by atoms with E-state index in [9.17, 15) is 22.8 Å². The lowest BCUT2D eigenvalue weighted by Gasteiger charge is -2.28. The lowest BCUT2D eigenvalue weighted by Crippen LogP contribution is -2.36. The monoisotopic (exact) mass is 564 g/mol. The Hall–Kier alpha value is -3.91. The number of hydroxylamine groups is 1. The van der Waals surface area contributed by atoms with Gasteiger partial charge in [0.2, 0.25) is 12.4 Å². The minimum atomic E-state index is -4.77. The number of morpholine rings is 1. The van der Waals surface area contributed by atoms with Gasteiger partial charge in [-0.15, -0.1) is 11.3 Å². The highest BCUT2D eigenvalue weighted by atomic mass is 32.1. The van der Waals surface area contributed by atoms with Crippen LogP contribution in [0.25, 0.3) is 0 Å². The molecule has 0 bridgehead atoms. The van der Waals surface area contributed by atoms with Gasteiger partial charge in [0.1, 0.15) is 16.4 Å². The number of hydrogen-bond acceptors (Lipinski definition) is 10. The fraction of sp³-hybridized carbons (Fsp3) is 0.360. The minimum Gasteiger partial charge on any atom is -0.378 e. The van der Waals surface area contributed by atoms with Crippen molar-refractivity contribution in [3.05, 3.63) is 52.5 Å². The smallest absolute Gasteiger partial charge is 0.378 e. The van der Waals surface area contributed by atoms with Crippen molar-refractivity contribution < 1.29 is 32.3 Å². The second-order valence-electron chi connectivity index (χ2n) is 9.58. The number of anilines is 5. The van der Waals surface area contributed by atoms with E-state index in [1.807, 2.05) is 32.9 Å². The third-order valence-corrected chi connectivity index (χ3v) is 7.19. The first kappa shape index (κ1) is 28.1. The topological polar surface area (TPSA) is 118 Å². The van der Waals surface area contributed by atoms with Crippen LogP contribution in [0.15, 0.2) is 36.5 Å². The first-order valence-corrected chi connectivity index (χ1v) is 12.7. The molecule has 10 nitrogen and oxygen atoms in total. The number of benzene rings is 1. The van der Waals surface area contributed by atoms with Crippen molar-refractivity contribution in [1.82, 2.24) is 15.4 Å². The van der Waals surface area contributed by atoms with Crippen molar-refractivity contribution in [3.63, 3.8) is 0 Å². The van der Waals surface area contributed by atoms with E-state index in [4.69, 9.17) is 4.74 Å². The molecule has 0 spiro atoms. The molecule has 208 valence electrons. The summed E-state index contributed by atoms with van der Waals surface area (Å²) in [5.41, 5.74) is 1.78. The van der Waals surface area contributed by atoms with Crippen molar-refractivity contribution in [1.29, 1.82) is 0 Å². The van der Waals surface area contributed by atoms with Gasteiger partial charge in [0.15, 0.2) is 0 Å². The van der Waals surface area contributed by atoms with Gasteiger partial charge in [0.25, 0.3) is 0 Å². The molecular formula is C25H27F3N6O4S. The quantitative estimate of drug-likeness (QED) is 0.257. The van der Waals surface area contributed by atoms with E-state index in [1.165, 1.54) is 6.07 Å². The van der Waals surface area contributed by atoms with Crippen LogP contribution in [-0.4, -0.2) is 48.7 Å². The standard InChI is InChI=1S/C25H27F3N6O4S/c1-24(2,3)19-12-17(22(36)38-30-14-35)21(39-19)32-20-18(25(26,27)28)13-29-23(33-20)31-15-4-6-16(7-5-15)34-8-10-37-11-9-34/h4-7,12-14H,8-11H2,1-3H3,(H,30,35)(H2,29,31,32,33). The van der Waals surface area contributed by atoms with Crippen LogP contribution in [-0.2, 0) is 26.0 Å². The van der Waals surface area contributed by atoms with Crippen LogP contribution in [0.2, 0.25) is 0 Å². The summed E-state index contributed by atoms with van der Waals surface area (Å²) in [4.78, 5) is 38.6. The molecule has 1 aliphatic heterocycles. The molecule has 0 unspecified atom stereocenters. The van der Waals surface area contributed by atoms with Gasteiger partial charge in [-0.25, -0.2) is 9.78 Å². The van der Waals surface area contributed by atoms with Crippen molar-refractivity contribution in [2.24, 2.45) is 0 Å². The number of carbonyl (C=O) groups is 2. The number of hydrogen-bond donors (Lipinski definition) is 3. The van der Waals surface area contributed by atoms with Gasteiger partial charge in [0, 0.05) is 35.5 Å². The van der Waals surface area contributed by atoms with Crippen LogP contribution in [0.3, 0.4) is 0 Å². The maximum absolute atomic E-state index is 13.9. The van der Waals surface area contributed by atoms with E-state index in [0.29, 0.717) is 30.0 Å². The third kappa shape index (κ3) is 6.95. The first-order chi connectivity index (χ1) is 18.5. The third-order valence-electron chi connectivity index (χ3n) is 5.72. The van der Waals surface area contributed by atoms with Gasteiger partial charge in [-0.1, -0.05) is 20.8 Å². The van der Waals surface area contributed by atoms with Gasteiger partial charge in [0.05, 0.1) is 18.8 Å². The predicted octanol–water partition coefficient (Wildman–Crippen LogP) is 5.00. The summed E-state index contributed by atoms with van der Waals surface area (Å²) in [6.07, 6.45) is -3.94. The molecule has 4 rings (SSSR count). The number of rotatable bonds is 8. The van der Waals surface area contributed by atoms with Crippen LogP contribution in [0.5, 0.6) is 0 Å². The minimum absolute atomic E-state index is 0.0563. The number of aromatic nitrogens is 2. The number of thiophene rings is 1. The van der Waals surface area contributed by atoms with Crippen LogP contribution in [0.1, 0.15) is 41.6 Å². The zero-order valence-electron chi connectivity index (χ0n) is 21.4. The molecule has 3 aromatic rings. The normalized spacial score (nSPS) is 14.1. The fourth-order valence-electron chi connectivity index (χ4n) is 3.70. The van der Waals surface area contributed by atoms with Crippen molar-refractivity contribution in [3.8, 4) is 0 Å². The highest BCUT2D eigenvalue weighted by Crippen LogP contribution is 2.40. The summed E-state index contributed by atoms with van der Waals surface area (Å²) in [6, 6.07) is 8.85. The highest BCUT2D eigenvalue weighted by molar-refractivity contribution is 7.16. The molecular weight excluding hydrogens is 537 g/mol. The Kier molecular flexibility index (Phi) is 8.25. The number of amides is 1. The average molecular weight is 565 g/mol. The Labute approximate surface area is 226 Å². The zero-order valence-corrected chi connectivity index (χ0v) is 22.2. The largest absolute Gasteiger partial charge is 0.421 e. The molecule has 0 radical (unpaired) electrons. The molecule has 0 aliphatic carbocycles. The number of carbonyl (C=O) groups excluding carboxylic acids is 2. The Balaban J connectivity index is 1.64. The summed E-state index contributed by atoms with van der Waals surface area (Å²) in [7, 11) is 0. The summed E-state index contributed by atoms with van der Waals surface area (Å²) in [5.74, 6) is -1.58.